The second-order valence-corrected chi connectivity index (χ2v) is 4.49. The molecule has 18 heavy (non-hydrogen) atoms. The normalized spacial score (nSPS) is 19.3. The number of rotatable bonds is 2. The van der Waals surface area contributed by atoms with Crippen molar-refractivity contribution in [2.24, 2.45) is 0 Å². The molecule has 1 unspecified atom stereocenters. The van der Waals surface area contributed by atoms with Crippen molar-refractivity contribution in [2.75, 3.05) is 19.7 Å². The van der Waals surface area contributed by atoms with Gasteiger partial charge in [0.1, 0.15) is 0 Å². The van der Waals surface area contributed by atoms with Crippen molar-refractivity contribution in [3.05, 3.63) is 35.4 Å². The van der Waals surface area contributed by atoms with Gasteiger partial charge in [-0.15, -0.1) is 0 Å². The number of hydrogen-bond acceptors (Lipinski definition) is 3. The van der Waals surface area contributed by atoms with Gasteiger partial charge in [0.15, 0.2) is 6.10 Å². The van der Waals surface area contributed by atoms with Crippen LogP contribution >= 0.6 is 0 Å². The lowest BCUT2D eigenvalue weighted by Crippen LogP contribution is -2.45. The molecular formula is C14H16N2O2. The fourth-order valence-electron chi connectivity index (χ4n) is 2.06. The van der Waals surface area contributed by atoms with Crippen LogP contribution in [0.1, 0.15) is 11.1 Å². The molecule has 0 aromatic heterocycles. The van der Waals surface area contributed by atoms with E-state index in [0.29, 0.717) is 26.1 Å². The van der Waals surface area contributed by atoms with Crippen LogP contribution in [0.4, 0.5) is 0 Å². The molecule has 1 fully saturated rings. The van der Waals surface area contributed by atoms with E-state index in [2.05, 4.69) is 0 Å². The topological polar surface area (TPSA) is 53.3 Å². The summed E-state index contributed by atoms with van der Waals surface area (Å²) in [5, 5.41) is 8.80. The molecule has 0 aliphatic carbocycles. The number of hydrogen-bond donors (Lipinski definition) is 0. The van der Waals surface area contributed by atoms with Crippen molar-refractivity contribution in [1.29, 1.82) is 5.26 Å². The molecule has 0 spiro atoms. The van der Waals surface area contributed by atoms with E-state index < -0.39 is 6.10 Å². The van der Waals surface area contributed by atoms with Crippen LogP contribution in [-0.2, 0) is 16.0 Å². The van der Waals surface area contributed by atoms with Gasteiger partial charge in [0.2, 0.25) is 5.91 Å². The van der Waals surface area contributed by atoms with E-state index in [4.69, 9.17) is 10.00 Å². The zero-order valence-electron chi connectivity index (χ0n) is 10.4. The van der Waals surface area contributed by atoms with Gasteiger partial charge >= 0.3 is 0 Å². The molecular weight excluding hydrogens is 228 g/mol. The van der Waals surface area contributed by atoms with Crippen LogP contribution in [0.3, 0.4) is 0 Å². The first kappa shape index (κ1) is 12.6. The first-order valence-corrected chi connectivity index (χ1v) is 6.03. The van der Waals surface area contributed by atoms with E-state index in [0.717, 1.165) is 11.1 Å². The molecule has 94 valence electrons. The van der Waals surface area contributed by atoms with E-state index >= 15 is 0 Å². The third-order valence-corrected chi connectivity index (χ3v) is 3.00. The number of nitriles is 1. The summed E-state index contributed by atoms with van der Waals surface area (Å²) >= 11 is 0. The fourth-order valence-corrected chi connectivity index (χ4v) is 2.06. The van der Waals surface area contributed by atoms with Crippen LogP contribution in [-0.4, -0.2) is 36.6 Å². The maximum absolute atomic E-state index is 12.1. The SMILES string of the molecule is Cc1cccc(CC(=O)N2CCOC(C#N)C2)c1. The van der Waals surface area contributed by atoms with Crippen molar-refractivity contribution in [2.45, 2.75) is 19.4 Å². The van der Waals surface area contributed by atoms with Crippen molar-refractivity contribution in [3.63, 3.8) is 0 Å². The summed E-state index contributed by atoms with van der Waals surface area (Å²) in [5.74, 6) is 0.0594. The number of carbonyl (C=O) groups excluding carboxylic acids is 1. The Morgan fingerprint density at radius 2 is 2.44 bits per heavy atom. The molecule has 1 aliphatic heterocycles. The second kappa shape index (κ2) is 5.65. The first-order chi connectivity index (χ1) is 8.69. The fraction of sp³-hybridized carbons (Fsp3) is 0.429. The molecule has 1 saturated heterocycles. The zero-order valence-corrected chi connectivity index (χ0v) is 10.4. The van der Waals surface area contributed by atoms with Gasteiger partial charge in [-0.05, 0) is 12.5 Å². The van der Waals surface area contributed by atoms with Crippen LogP contribution in [0, 0.1) is 18.3 Å². The number of morpholine rings is 1. The average molecular weight is 244 g/mol. The van der Waals surface area contributed by atoms with Gasteiger partial charge in [-0.1, -0.05) is 29.8 Å². The predicted octanol–water partition coefficient (Wildman–Crippen LogP) is 1.29. The first-order valence-electron chi connectivity index (χ1n) is 6.03. The number of ether oxygens (including phenoxy) is 1. The summed E-state index contributed by atoms with van der Waals surface area (Å²) in [6.45, 7) is 3.40. The van der Waals surface area contributed by atoms with Crippen LogP contribution in [0.25, 0.3) is 0 Å². The molecule has 2 rings (SSSR count). The number of aryl methyl sites for hydroxylation is 1. The second-order valence-electron chi connectivity index (χ2n) is 4.49. The van der Waals surface area contributed by atoms with Gasteiger partial charge in [-0.25, -0.2) is 0 Å². The molecule has 0 saturated carbocycles. The predicted molar refractivity (Wildman–Crippen MR) is 66.8 cm³/mol. The Balaban J connectivity index is 1.98. The van der Waals surface area contributed by atoms with Crippen molar-refractivity contribution >= 4 is 5.91 Å². The van der Waals surface area contributed by atoms with Gasteiger partial charge in [-0.3, -0.25) is 4.79 Å². The Hall–Kier alpha value is -1.86. The maximum atomic E-state index is 12.1. The molecule has 1 aliphatic rings. The van der Waals surface area contributed by atoms with E-state index in [9.17, 15) is 4.79 Å². The Bertz CT molecular complexity index is 479. The van der Waals surface area contributed by atoms with Gasteiger partial charge in [0, 0.05) is 6.54 Å². The lowest BCUT2D eigenvalue weighted by atomic mass is 10.1. The van der Waals surface area contributed by atoms with E-state index in [-0.39, 0.29) is 5.91 Å². The molecule has 0 N–H and O–H groups in total. The van der Waals surface area contributed by atoms with E-state index in [1.54, 1.807) is 4.90 Å². The smallest absolute Gasteiger partial charge is 0.227 e. The van der Waals surface area contributed by atoms with Crippen molar-refractivity contribution in [3.8, 4) is 6.07 Å². The quantitative estimate of drug-likeness (QED) is 0.787. The van der Waals surface area contributed by atoms with Gasteiger partial charge < -0.3 is 9.64 Å². The highest BCUT2D eigenvalue weighted by molar-refractivity contribution is 5.79. The molecule has 0 radical (unpaired) electrons. The molecule has 4 heteroatoms. The van der Waals surface area contributed by atoms with Crippen LogP contribution in [0.15, 0.2) is 24.3 Å². The van der Waals surface area contributed by atoms with Gasteiger partial charge in [-0.2, -0.15) is 5.26 Å². The highest BCUT2D eigenvalue weighted by Gasteiger charge is 2.23. The van der Waals surface area contributed by atoms with E-state index in [1.165, 1.54) is 0 Å². The molecule has 1 aromatic carbocycles. The number of amides is 1. The number of nitrogens with zero attached hydrogens (tertiary/aromatic N) is 2. The third-order valence-electron chi connectivity index (χ3n) is 3.00. The summed E-state index contributed by atoms with van der Waals surface area (Å²) < 4.78 is 5.22. The van der Waals surface area contributed by atoms with Crippen LogP contribution in [0.5, 0.6) is 0 Å². The van der Waals surface area contributed by atoms with Gasteiger partial charge in [0.05, 0.1) is 25.6 Å². The summed E-state index contributed by atoms with van der Waals surface area (Å²) in [6.07, 6.45) is -0.0972. The highest BCUT2D eigenvalue weighted by atomic mass is 16.5. The Morgan fingerprint density at radius 3 is 3.17 bits per heavy atom. The lowest BCUT2D eigenvalue weighted by molar-refractivity contribution is -0.136. The summed E-state index contributed by atoms with van der Waals surface area (Å²) in [7, 11) is 0. The monoisotopic (exact) mass is 244 g/mol. The largest absolute Gasteiger partial charge is 0.360 e. The molecule has 4 nitrogen and oxygen atoms in total. The van der Waals surface area contributed by atoms with Crippen molar-refractivity contribution in [1.82, 2.24) is 4.90 Å². The summed E-state index contributed by atoms with van der Waals surface area (Å²) in [4.78, 5) is 13.8. The van der Waals surface area contributed by atoms with E-state index in [1.807, 2.05) is 37.3 Å². The van der Waals surface area contributed by atoms with Crippen LogP contribution in [0.2, 0.25) is 0 Å². The Kier molecular flexibility index (Phi) is 3.96. The molecule has 1 amide bonds. The standard InChI is InChI=1S/C14H16N2O2/c1-11-3-2-4-12(7-11)8-14(17)16-5-6-18-13(9-15)10-16/h2-4,7,13H,5-6,8,10H2,1H3. The minimum atomic E-state index is -0.486. The summed E-state index contributed by atoms with van der Waals surface area (Å²) in [6, 6.07) is 9.97. The average Bonchev–Trinajstić information content (AvgIpc) is 2.39. The zero-order chi connectivity index (χ0) is 13.0. The Labute approximate surface area is 107 Å². The third kappa shape index (κ3) is 3.08. The summed E-state index contributed by atoms with van der Waals surface area (Å²) in [5.41, 5.74) is 2.16. The minimum absolute atomic E-state index is 0.0594. The molecule has 1 aromatic rings. The van der Waals surface area contributed by atoms with Crippen LogP contribution < -0.4 is 0 Å². The molecule has 1 heterocycles. The molecule has 1 atom stereocenters. The minimum Gasteiger partial charge on any atom is -0.360 e. The molecule has 0 bridgehead atoms. The Morgan fingerprint density at radius 1 is 1.61 bits per heavy atom. The highest BCUT2D eigenvalue weighted by Crippen LogP contribution is 2.10. The maximum Gasteiger partial charge on any atom is 0.227 e. The number of benzene rings is 1. The number of carbonyl (C=O) groups is 1. The van der Waals surface area contributed by atoms with Crippen molar-refractivity contribution < 1.29 is 9.53 Å². The lowest BCUT2D eigenvalue weighted by Gasteiger charge is -2.29. The van der Waals surface area contributed by atoms with Gasteiger partial charge in [0.25, 0.3) is 0 Å².